The Morgan fingerprint density at radius 3 is 2.60 bits per heavy atom. The Balaban J connectivity index is 2.53. The molecular formula is C15H14FNO3. The minimum atomic E-state index is -1.26. The molecule has 0 aliphatic heterocycles. The summed E-state index contributed by atoms with van der Waals surface area (Å²) in [4.78, 5) is 23.1. The fourth-order valence-corrected chi connectivity index (χ4v) is 2.01. The number of halogens is 1. The molecule has 0 radical (unpaired) electrons. The molecule has 0 aliphatic carbocycles. The van der Waals surface area contributed by atoms with Gasteiger partial charge in [0.1, 0.15) is 11.4 Å². The average molecular weight is 275 g/mol. The largest absolute Gasteiger partial charge is 0.477 e. The Kier molecular flexibility index (Phi) is 3.70. The Hall–Kier alpha value is -2.43. The van der Waals surface area contributed by atoms with Crippen molar-refractivity contribution in [2.75, 3.05) is 0 Å². The van der Waals surface area contributed by atoms with Gasteiger partial charge in [0, 0.05) is 5.69 Å². The van der Waals surface area contributed by atoms with Crippen LogP contribution in [0, 0.1) is 19.7 Å². The number of hydrogen-bond donors (Lipinski definition) is 1. The molecule has 104 valence electrons. The summed E-state index contributed by atoms with van der Waals surface area (Å²) in [6.45, 7) is 3.67. The molecule has 0 spiro atoms. The Morgan fingerprint density at radius 1 is 1.25 bits per heavy atom. The number of pyridine rings is 1. The van der Waals surface area contributed by atoms with Gasteiger partial charge in [-0.25, -0.2) is 9.18 Å². The summed E-state index contributed by atoms with van der Waals surface area (Å²) in [5.74, 6) is -1.65. The quantitative estimate of drug-likeness (QED) is 0.935. The van der Waals surface area contributed by atoms with E-state index in [0.717, 1.165) is 5.56 Å². The van der Waals surface area contributed by atoms with Crippen molar-refractivity contribution in [3.8, 4) is 0 Å². The number of rotatable bonds is 3. The lowest BCUT2D eigenvalue weighted by atomic mass is 10.1. The molecule has 0 saturated carbocycles. The Bertz CT molecular complexity index is 734. The van der Waals surface area contributed by atoms with Gasteiger partial charge in [0.2, 0.25) is 0 Å². The SMILES string of the molecule is Cc1ccc(F)cc1Cn1c(C)ccc(C(=O)O)c1=O. The second-order valence-corrected chi connectivity index (χ2v) is 4.66. The van der Waals surface area contributed by atoms with Crippen molar-refractivity contribution in [1.29, 1.82) is 0 Å². The number of carboxylic acids is 1. The van der Waals surface area contributed by atoms with E-state index in [1.54, 1.807) is 19.1 Å². The molecule has 5 heteroatoms. The summed E-state index contributed by atoms with van der Waals surface area (Å²) >= 11 is 0. The van der Waals surface area contributed by atoms with E-state index in [-0.39, 0.29) is 17.9 Å². The molecule has 0 saturated heterocycles. The molecule has 1 N–H and O–H groups in total. The van der Waals surface area contributed by atoms with Gasteiger partial charge in [-0.1, -0.05) is 6.07 Å². The molecule has 0 aliphatic rings. The van der Waals surface area contributed by atoms with Gasteiger partial charge in [-0.15, -0.1) is 0 Å². The van der Waals surface area contributed by atoms with Crippen LogP contribution in [0.3, 0.4) is 0 Å². The predicted octanol–water partition coefficient (Wildman–Crippen LogP) is 2.35. The molecule has 1 aromatic heterocycles. The van der Waals surface area contributed by atoms with Crippen LogP contribution in [-0.4, -0.2) is 15.6 Å². The first-order valence-electron chi connectivity index (χ1n) is 6.09. The summed E-state index contributed by atoms with van der Waals surface area (Å²) in [7, 11) is 0. The Labute approximate surface area is 115 Å². The first-order chi connectivity index (χ1) is 9.40. The third-order valence-electron chi connectivity index (χ3n) is 3.26. The van der Waals surface area contributed by atoms with Crippen LogP contribution >= 0.6 is 0 Å². The number of carboxylic acid groups (broad SMARTS) is 1. The summed E-state index contributed by atoms with van der Waals surface area (Å²) in [5, 5.41) is 8.97. The second kappa shape index (κ2) is 5.28. The second-order valence-electron chi connectivity index (χ2n) is 4.66. The first-order valence-corrected chi connectivity index (χ1v) is 6.09. The smallest absolute Gasteiger partial charge is 0.341 e. The number of nitrogens with zero attached hydrogens (tertiary/aromatic N) is 1. The van der Waals surface area contributed by atoms with E-state index < -0.39 is 11.5 Å². The van der Waals surface area contributed by atoms with Crippen LogP contribution in [0.25, 0.3) is 0 Å². The molecule has 0 bridgehead atoms. The highest BCUT2D eigenvalue weighted by molar-refractivity contribution is 5.87. The monoisotopic (exact) mass is 275 g/mol. The molecule has 1 aromatic carbocycles. The maximum Gasteiger partial charge on any atom is 0.341 e. The highest BCUT2D eigenvalue weighted by atomic mass is 19.1. The lowest BCUT2D eigenvalue weighted by Crippen LogP contribution is -2.28. The maximum atomic E-state index is 13.3. The van der Waals surface area contributed by atoms with Crippen molar-refractivity contribution in [1.82, 2.24) is 4.57 Å². The number of hydrogen-bond acceptors (Lipinski definition) is 2. The van der Waals surface area contributed by atoms with E-state index in [4.69, 9.17) is 5.11 Å². The van der Waals surface area contributed by atoms with Crippen LogP contribution < -0.4 is 5.56 Å². The van der Waals surface area contributed by atoms with Crippen molar-refractivity contribution >= 4 is 5.97 Å². The zero-order valence-electron chi connectivity index (χ0n) is 11.2. The lowest BCUT2D eigenvalue weighted by Gasteiger charge is -2.12. The highest BCUT2D eigenvalue weighted by Gasteiger charge is 2.13. The van der Waals surface area contributed by atoms with Gasteiger partial charge in [-0.05, 0) is 49.2 Å². The van der Waals surface area contributed by atoms with Crippen LogP contribution in [0.5, 0.6) is 0 Å². The van der Waals surface area contributed by atoms with E-state index in [9.17, 15) is 14.0 Å². The fourth-order valence-electron chi connectivity index (χ4n) is 2.01. The predicted molar refractivity (Wildman–Crippen MR) is 72.6 cm³/mol. The van der Waals surface area contributed by atoms with Crippen LogP contribution in [0.4, 0.5) is 4.39 Å². The van der Waals surface area contributed by atoms with E-state index in [1.165, 1.54) is 22.8 Å². The zero-order valence-corrected chi connectivity index (χ0v) is 11.2. The minimum Gasteiger partial charge on any atom is -0.477 e. The van der Waals surface area contributed by atoms with Gasteiger partial charge in [-0.2, -0.15) is 0 Å². The van der Waals surface area contributed by atoms with E-state index >= 15 is 0 Å². The molecule has 0 atom stereocenters. The maximum absolute atomic E-state index is 13.3. The van der Waals surface area contributed by atoms with Gasteiger partial charge in [0.05, 0.1) is 6.54 Å². The van der Waals surface area contributed by atoms with Crippen molar-refractivity contribution in [2.24, 2.45) is 0 Å². The molecule has 2 aromatic rings. The number of aromatic carboxylic acids is 1. The summed E-state index contributed by atoms with van der Waals surface area (Å²) in [6, 6.07) is 7.19. The zero-order chi connectivity index (χ0) is 14.9. The lowest BCUT2D eigenvalue weighted by molar-refractivity contribution is 0.0694. The van der Waals surface area contributed by atoms with E-state index in [0.29, 0.717) is 11.3 Å². The van der Waals surface area contributed by atoms with Crippen LogP contribution in [-0.2, 0) is 6.54 Å². The first kappa shape index (κ1) is 14.0. The molecule has 0 amide bonds. The summed E-state index contributed by atoms with van der Waals surface area (Å²) < 4.78 is 14.6. The molecule has 20 heavy (non-hydrogen) atoms. The van der Waals surface area contributed by atoms with Gasteiger partial charge in [-0.3, -0.25) is 4.79 Å². The van der Waals surface area contributed by atoms with Crippen molar-refractivity contribution in [2.45, 2.75) is 20.4 Å². The van der Waals surface area contributed by atoms with Gasteiger partial charge in [0.15, 0.2) is 0 Å². The van der Waals surface area contributed by atoms with Gasteiger partial charge < -0.3 is 9.67 Å². The Morgan fingerprint density at radius 2 is 1.95 bits per heavy atom. The number of aromatic nitrogens is 1. The fraction of sp³-hybridized carbons (Fsp3) is 0.200. The topological polar surface area (TPSA) is 59.3 Å². The third-order valence-corrected chi connectivity index (χ3v) is 3.26. The molecule has 2 rings (SSSR count). The number of carbonyl (C=O) groups is 1. The highest BCUT2D eigenvalue weighted by Crippen LogP contribution is 2.12. The molecular weight excluding hydrogens is 261 g/mol. The third kappa shape index (κ3) is 2.61. The normalized spacial score (nSPS) is 10.6. The van der Waals surface area contributed by atoms with Crippen molar-refractivity contribution < 1.29 is 14.3 Å². The average Bonchev–Trinajstić information content (AvgIpc) is 2.38. The van der Waals surface area contributed by atoms with Gasteiger partial charge in [0.25, 0.3) is 5.56 Å². The standard InChI is InChI=1S/C15H14FNO3/c1-9-3-5-12(16)7-11(9)8-17-10(2)4-6-13(14(17)18)15(19)20/h3-7H,8H2,1-2H3,(H,19,20). The molecule has 1 heterocycles. The van der Waals surface area contributed by atoms with Crippen molar-refractivity contribution in [3.05, 3.63) is 68.9 Å². The summed E-state index contributed by atoms with van der Waals surface area (Å²) in [6.07, 6.45) is 0. The molecule has 0 fully saturated rings. The number of aryl methyl sites for hydroxylation is 2. The van der Waals surface area contributed by atoms with E-state index in [2.05, 4.69) is 0 Å². The van der Waals surface area contributed by atoms with Crippen molar-refractivity contribution in [3.63, 3.8) is 0 Å². The molecule has 0 unspecified atom stereocenters. The number of benzene rings is 1. The van der Waals surface area contributed by atoms with Crippen LogP contribution in [0.15, 0.2) is 35.1 Å². The van der Waals surface area contributed by atoms with Crippen LogP contribution in [0.1, 0.15) is 27.2 Å². The van der Waals surface area contributed by atoms with E-state index in [1.807, 2.05) is 6.92 Å². The molecule has 4 nitrogen and oxygen atoms in total. The van der Waals surface area contributed by atoms with Crippen LogP contribution in [0.2, 0.25) is 0 Å². The van der Waals surface area contributed by atoms with Gasteiger partial charge >= 0.3 is 5.97 Å². The minimum absolute atomic E-state index is 0.148. The summed E-state index contributed by atoms with van der Waals surface area (Å²) in [5.41, 5.74) is 1.26.